The Labute approximate surface area is 181 Å². The quantitative estimate of drug-likeness (QED) is 0.311. The molecule has 29 heavy (non-hydrogen) atoms. The van der Waals surface area contributed by atoms with Crippen LogP contribution in [0.25, 0.3) is 16.2 Å². The molecule has 4 aromatic rings. The lowest BCUT2D eigenvalue weighted by Crippen LogP contribution is -2.15. The number of carbonyl (C=O) groups excluding carboxylic acids is 1. The van der Waals surface area contributed by atoms with Crippen LogP contribution in [0.5, 0.6) is 0 Å². The van der Waals surface area contributed by atoms with E-state index < -0.39 is 16.5 Å². The van der Waals surface area contributed by atoms with Crippen LogP contribution in [-0.4, -0.2) is 25.4 Å². The molecule has 2 heterocycles. The van der Waals surface area contributed by atoms with E-state index in [-0.39, 0.29) is 16.5 Å². The van der Waals surface area contributed by atoms with Crippen LogP contribution in [0.15, 0.2) is 41.8 Å². The van der Waals surface area contributed by atoms with Gasteiger partial charge in [0.05, 0.1) is 15.6 Å². The number of halogens is 3. The molecule has 0 aliphatic carbocycles. The van der Waals surface area contributed by atoms with Crippen molar-refractivity contribution in [1.82, 2.24) is 14.6 Å². The fourth-order valence-electron chi connectivity index (χ4n) is 2.63. The van der Waals surface area contributed by atoms with E-state index in [1.54, 1.807) is 18.2 Å². The van der Waals surface area contributed by atoms with Crippen LogP contribution < -0.4 is 5.32 Å². The number of anilines is 1. The second-order valence-corrected chi connectivity index (χ2v) is 7.86. The van der Waals surface area contributed by atoms with Crippen LogP contribution in [0, 0.1) is 10.1 Å². The number of benzene rings is 2. The molecule has 8 nitrogen and oxygen atoms in total. The molecule has 0 bridgehead atoms. The number of thiazole rings is 1. The molecule has 0 saturated heterocycles. The van der Waals surface area contributed by atoms with E-state index >= 15 is 0 Å². The Balaban J connectivity index is 1.69. The number of rotatable bonds is 4. The first-order chi connectivity index (χ1) is 13.8. The monoisotopic (exact) mass is 467 g/mol. The van der Waals surface area contributed by atoms with Crippen molar-refractivity contribution in [3.8, 4) is 11.3 Å². The van der Waals surface area contributed by atoms with E-state index in [2.05, 4.69) is 15.4 Å². The molecule has 1 N–H and O–H groups in total. The van der Waals surface area contributed by atoms with Gasteiger partial charge < -0.3 is 0 Å². The Morgan fingerprint density at radius 3 is 2.62 bits per heavy atom. The van der Waals surface area contributed by atoms with Crippen LogP contribution in [0.2, 0.25) is 15.1 Å². The summed E-state index contributed by atoms with van der Waals surface area (Å²) in [7, 11) is 0. The number of nitro benzene ring substituents is 1. The van der Waals surface area contributed by atoms with Crippen molar-refractivity contribution in [3.63, 3.8) is 0 Å². The van der Waals surface area contributed by atoms with Crippen molar-refractivity contribution in [2.24, 2.45) is 0 Å². The topological polar surface area (TPSA) is 102 Å². The SMILES string of the molecule is O=C(Nc1nc2scc(-c3cc(Cl)ccc3Cl)n2n1)c1ccc(Cl)cc1[N+](=O)[O-]. The largest absolute Gasteiger partial charge is 0.289 e. The fraction of sp³-hybridized carbons (Fsp3) is 0. The normalized spacial score (nSPS) is 11.0. The third-order valence-corrected chi connectivity index (χ3v) is 5.53. The maximum atomic E-state index is 12.5. The number of carbonyl (C=O) groups is 1. The molecule has 12 heteroatoms. The number of hydrogen-bond acceptors (Lipinski definition) is 6. The summed E-state index contributed by atoms with van der Waals surface area (Å²) < 4.78 is 1.51. The molecule has 146 valence electrons. The molecule has 4 rings (SSSR count). The summed E-state index contributed by atoms with van der Waals surface area (Å²) in [5.41, 5.74) is 0.725. The Bertz CT molecular complexity index is 1290. The Kier molecular flexibility index (Phi) is 5.13. The summed E-state index contributed by atoms with van der Waals surface area (Å²) in [6.07, 6.45) is 0. The molecule has 2 aromatic heterocycles. The highest BCUT2D eigenvalue weighted by Crippen LogP contribution is 2.33. The van der Waals surface area contributed by atoms with Gasteiger partial charge >= 0.3 is 0 Å². The number of hydrogen-bond donors (Lipinski definition) is 1. The van der Waals surface area contributed by atoms with Crippen molar-refractivity contribution in [1.29, 1.82) is 0 Å². The highest BCUT2D eigenvalue weighted by Gasteiger charge is 2.22. The Morgan fingerprint density at radius 2 is 1.86 bits per heavy atom. The first-order valence-electron chi connectivity index (χ1n) is 7.88. The summed E-state index contributed by atoms with van der Waals surface area (Å²) in [4.78, 5) is 27.8. The lowest BCUT2D eigenvalue weighted by Gasteiger charge is -2.04. The molecule has 0 fully saturated rings. The minimum Gasteiger partial charge on any atom is -0.289 e. The van der Waals surface area contributed by atoms with Crippen molar-refractivity contribution in [2.75, 3.05) is 5.32 Å². The lowest BCUT2D eigenvalue weighted by molar-refractivity contribution is -0.385. The molecular weight excluding hydrogens is 461 g/mol. The predicted molar refractivity (Wildman–Crippen MR) is 112 cm³/mol. The average Bonchev–Trinajstić information content (AvgIpc) is 3.23. The summed E-state index contributed by atoms with van der Waals surface area (Å²) in [6.45, 7) is 0. The van der Waals surface area contributed by atoms with E-state index in [1.165, 1.54) is 28.0 Å². The maximum Gasteiger partial charge on any atom is 0.283 e. The zero-order chi connectivity index (χ0) is 20.7. The van der Waals surface area contributed by atoms with Gasteiger partial charge in [0.1, 0.15) is 5.56 Å². The van der Waals surface area contributed by atoms with Crippen molar-refractivity contribution >= 4 is 68.6 Å². The Morgan fingerprint density at radius 1 is 1.14 bits per heavy atom. The number of nitro groups is 1. The van der Waals surface area contributed by atoms with Crippen LogP contribution in [-0.2, 0) is 0 Å². The minimum absolute atomic E-state index is 0.00880. The average molecular weight is 469 g/mol. The zero-order valence-corrected chi connectivity index (χ0v) is 17.2. The first kappa shape index (κ1) is 19.6. The highest BCUT2D eigenvalue weighted by atomic mass is 35.5. The molecule has 0 radical (unpaired) electrons. The van der Waals surface area contributed by atoms with Gasteiger partial charge in [-0.05, 0) is 30.3 Å². The summed E-state index contributed by atoms with van der Waals surface area (Å²) >= 11 is 19.4. The van der Waals surface area contributed by atoms with Crippen LogP contribution in [0.3, 0.4) is 0 Å². The molecule has 2 aromatic carbocycles. The molecule has 1 amide bonds. The molecule has 0 saturated carbocycles. The fourth-order valence-corrected chi connectivity index (χ4v) is 4.01. The van der Waals surface area contributed by atoms with E-state index in [0.29, 0.717) is 26.3 Å². The third-order valence-electron chi connectivity index (χ3n) is 3.91. The lowest BCUT2D eigenvalue weighted by atomic mass is 10.1. The molecule has 0 atom stereocenters. The molecule has 0 aliphatic heterocycles. The molecule has 0 aliphatic rings. The minimum atomic E-state index is -0.728. The highest BCUT2D eigenvalue weighted by molar-refractivity contribution is 7.15. The Hall–Kier alpha value is -2.72. The van der Waals surface area contributed by atoms with E-state index in [0.717, 1.165) is 6.07 Å². The van der Waals surface area contributed by atoms with Gasteiger partial charge in [0.25, 0.3) is 17.5 Å². The van der Waals surface area contributed by atoms with Crippen molar-refractivity contribution in [2.45, 2.75) is 0 Å². The number of nitrogens with one attached hydrogen (secondary N) is 1. The van der Waals surface area contributed by atoms with Gasteiger partial charge in [-0.25, -0.2) is 4.52 Å². The smallest absolute Gasteiger partial charge is 0.283 e. The van der Waals surface area contributed by atoms with Gasteiger partial charge in [-0.15, -0.1) is 16.4 Å². The van der Waals surface area contributed by atoms with E-state index in [9.17, 15) is 14.9 Å². The zero-order valence-electron chi connectivity index (χ0n) is 14.1. The van der Waals surface area contributed by atoms with Gasteiger partial charge in [0, 0.05) is 27.1 Å². The first-order valence-corrected chi connectivity index (χ1v) is 9.90. The molecular formula is C17H8Cl3N5O3S. The van der Waals surface area contributed by atoms with E-state index in [1.807, 2.05) is 5.38 Å². The van der Waals surface area contributed by atoms with Gasteiger partial charge in [-0.2, -0.15) is 4.98 Å². The summed E-state index contributed by atoms with van der Waals surface area (Å²) in [5, 5.41) is 20.9. The number of amides is 1. The van der Waals surface area contributed by atoms with Crippen LogP contribution in [0.4, 0.5) is 11.6 Å². The maximum absolute atomic E-state index is 12.5. The van der Waals surface area contributed by atoms with E-state index in [4.69, 9.17) is 34.8 Å². The predicted octanol–water partition coefficient (Wildman–Crippen LogP) is 5.58. The second-order valence-electron chi connectivity index (χ2n) is 5.75. The molecule has 0 unspecified atom stereocenters. The number of nitrogens with zero attached hydrogens (tertiary/aromatic N) is 4. The number of aromatic nitrogens is 3. The second kappa shape index (κ2) is 7.60. The standard InChI is InChI=1S/C17H8Cl3N5O3S/c18-8-2-4-12(20)11(5-8)14-7-29-17-22-16(23-24(14)17)21-15(26)10-3-1-9(19)6-13(10)25(27)28/h1-7H,(H,21,23,26). The number of fused-ring (bicyclic) bond motifs is 1. The third kappa shape index (κ3) is 3.77. The van der Waals surface area contributed by atoms with Gasteiger partial charge in [0.2, 0.25) is 4.96 Å². The van der Waals surface area contributed by atoms with Crippen molar-refractivity contribution in [3.05, 3.63) is 72.5 Å². The summed E-state index contributed by atoms with van der Waals surface area (Å²) in [6, 6.07) is 8.80. The van der Waals surface area contributed by atoms with Crippen LogP contribution in [0.1, 0.15) is 10.4 Å². The van der Waals surface area contributed by atoms with Gasteiger partial charge in [-0.3, -0.25) is 20.2 Å². The summed E-state index contributed by atoms with van der Waals surface area (Å²) in [5.74, 6) is -0.737. The molecule has 0 spiro atoms. The van der Waals surface area contributed by atoms with Crippen molar-refractivity contribution < 1.29 is 9.72 Å². The van der Waals surface area contributed by atoms with Gasteiger partial charge in [0.15, 0.2) is 0 Å². The van der Waals surface area contributed by atoms with Gasteiger partial charge in [-0.1, -0.05) is 34.8 Å². The van der Waals surface area contributed by atoms with Crippen LogP contribution >= 0.6 is 46.1 Å².